The highest BCUT2D eigenvalue weighted by Gasteiger charge is 2.25. The van der Waals surface area contributed by atoms with Gasteiger partial charge in [-0.15, -0.1) is 0 Å². The number of para-hydroxylation sites is 2. The number of fused-ring (bicyclic) bond motifs is 1. The minimum Gasteiger partial charge on any atom is -0.226 e. The molecular weight excluding hydrogens is 232 g/mol. The van der Waals surface area contributed by atoms with E-state index in [1.54, 1.807) is 0 Å². The van der Waals surface area contributed by atoms with Gasteiger partial charge in [0.2, 0.25) is 0 Å². The molecular formula is C17H18N2+. The first-order chi connectivity index (χ1) is 9.31. The van der Waals surface area contributed by atoms with Crippen LogP contribution in [0.5, 0.6) is 0 Å². The van der Waals surface area contributed by atoms with Gasteiger partial charge < -0.3 is 0 Å². The van der Waals surface area contributed by atoms with Gasteiger partial charge in [-0.1, -0.05) is 18.2 Å². The lowest BCUT2D eigenvalue weighted by Crippen LogP contribution is -2.31. The molecule has 1 heterocycles. The molecule has 0 saturated heterocycles. The van der Waals surface area contributed by atoms with E-state index in [-0.39, 0.29) is 0 Å². The van der Waals surface area contributed by atoms with Crippen LogP contribution in [0.3, 0.4) is 0 Å². The highest BCUT2D eigenvalue weighted by molar-refractivity contribution is 5.74. The Balaban J connectivity index is 2.10. The summed E-state index contributed by atoms with van der Waals surface area (Å²) in [6, 6.07) is 8.55. The van der Waals surface area contributed by atoms with Gasteiger partial charge in [0.15, 0.2) is 11.0 Å². The number of rotatable bonds is 3. The van der Waals surface area contributed by atoms with Crippen LogP contribution >= 0.6 is 0 Å². The first-order valence-corrected chi connectivity index (χ1v) is 6.62. The molecule has 2 nitrogen and oxygen atoms in total. The van der Waals surface area contributed by atoms with Crippen molar-refractivity contribution in [3.05, 3.63) is 67.8 Å². The van der Waals surface area contributed by atoms with Crippen molar-refractivity contribution < 1.29 is 4.57 Å². The predicted molar refractivity (Wildman–Crippen MR) is 78.3 cm³/mol. The summed E-state index contributed by atoms with van der Waals surface area (Å²) in [6.07, 6.45) is 12.8. The van der Waals surface area contributed by atoms with Crippen molar-refractivity contribution >= 4 is 17.1 Å². The second-order valence-corrected chi connectivity index (χ2v) is 4.79. The van der Waals surface area contributed by atoms with E-state index >= 15 is 0 Å². The van der Waals surface area contributed by atoms with Gasteiger partial charge in [-0.3, -0.25) is 0 Å². The van der Waals surface area contributed by atoms with Crippen LogP contribution in [0.1, 0.15) is 12.7 Å². The van der Waals surface area contributed by atoms with Gasteiger partial charge in [-0.25, -0.2) is 9.13 Å². The van der Waals surface area contributed by atoms with Gasteiger partial charge in [-0.05, 0) is 44.7 Å². The number of aryl methyl sites for hydroxylation is 1. The minimum atomic E-state index is 0.911. The molecule has 1 saturated carbocycles. The summed E-state index contributed by atoms with van der Waals surface area (Å²) in [4.78, 5) is 0. The number of imidazole rings is 1. The zero-order valence-corrected chi connectivity index (χ0v) is 11.4. The third kappa shape index (κ3) is 2.20. The normalized spacial score (nSPS) is 16.9. The number of benzene rings is 1. The smallest absolute Gasteiger partial charge is 0.226 e. The van der Waals surface area contributed by atoms with E-state index < -0.39 is 0 Å². The minimum absolute atomic E-state index is 0.911. The Hall–Kier alpha value is -1.57. The van der Waals surface area contributed by atoms with E-state index in [1.165, 1.54) is 22.8 Å². The first-order valence-electron chi connectivity index (χ1n) is 6.62. The molecule has 0 atom stereocenters. The van der Waals surface area contributed by atoms with Gasteiger partial charge in [-0.2, -0.15) is 0 Å². The maximum Gasteiger partial charge on any atom is 0.281 e. The van der Waals surface area contributed by atoms with Crippen LogP contribution in [0.15, 0.2) is 30.3 Å². The van der Waals surface area contributed by atoms with E-state index in [4.69, 9.17) is 0 Å². The van der Waals surface area contributed by atoms with E-state index in [0.29, 0.717) is 0 Å². The fourth-order valence-corrected chi connectivity index (χ4v) is 2.62. The third-order valence-corrected chi connectivity index (χ3v) is 3.54. The maximum atomic E-state index is 2.37. The summed E-state index contributed by atoms with van der Waals surface area (Å²) in [7, 11) is 2.12. The molecule has 1 aliphatic carbocycles. The van der Waals surface area contributed by atoms with Gasteiger partial charge >= 0.3 is 0 Å². The van der Waals surface area contributed by atoms with Crippen molar-refractivity contribution in [2.75, 3.05) is 0 Å². The Labute approximate surface area is 115 Å². The van der Waals surface area contributed by atoms with E-state index in [9.17, 15) is 0 Å². The molecule has 1 fully saturated rings. The summed E-state index contributed by atoms with van der Waals surface area (Å²) in [5, 5.41) is 0. The van der Waals surface area contributed by atoms with Crippen LogP contribution in [0.4, 0.5) is 0 Å². The highest BCUT2D eigenvalue weighted by atomic mass is 15.2. The Morgan fingerprint density at radius 2 is 1.89 bits per heavy atom. The van der Waals surface area contributed by atoms with Crippen LogP contribution in [0, 0.1) is 31.6 Å². The SMILES string of the molecule is C/C=C/c1n(C[C]2[CH][CH][CH][CH]2)c2ccccc2[n+]1C. The summed E-state index contributed by atoms with van der Waals surface area (Å²) in [5.41, 5.74) is 2.54. The number of aromatic nitrogens is 2. The van der Waals surface area contributed by atoms with Crippen LogP contribution in [0.2, 0.25) is 0 Å². The average Bonchev–Trinajstić information content (AvgIpc) is 3.02. The molecule has 5 radical (unpaired) electrons. The molecule has 0 amide bonds. The molecule has 3 rings (SSSR count). The van der Waals surface area contributed by atoms with Crippen LogP contribution in [-0.4, -0.2) is 4.57 Å². The molecule has 2 aromatic rings. The van der Waals surface area contributed by atoms with Gasteiger partial charge in [0.05, 0.1) is 13.6 Å². The van der Waals surface area contributed by atoms with Crippen molar-refractivity contribution in [3.8, 4) is 0 Å². The molecule has 19 heavy (non-hydrogen) atoms. The lowest BCUT2D eigenvalue weighted by atomic mass is 10.1. The number of nitrogens with zero attached hydrogens (tertiary/aromatic N) is 2. The molecule has 2 heteroatoms. The summed E-state index contributed by atoms with van der Waals surface area (Å²) in [5.74, 6) is 2.57. The van der Waals surface area contributed by atoms with E-state index in [0.717, 1.165) is 6.54 Å². The van der Waals surface area contributed by atoms with Crippen molar-refractivity contribution in [1.29, 1.82) is 0 Å². The maximum absolute atomic E-state index is 2.37. The Bertz CT molecular complexity index is 601. The van der Waals surface area contributed by atoms with Gasteiger partial charge in [0.25, 0.3) is 5.82 Å². The van der Waals surface area contributed by atoms with Crippen molar-refractivity contribution in [3.63, 3.8) is 0 Å². The van der Waals surface area contributed by atoms with Crippen LogP contribution in [0.25, 0.3) is 17.1 Å². The zero-order chi connectivity index (χ0) is 13.2. The monoisotopic (exact) mass is 250 g/mol. The lowest BCUT2D eigenvalue weighted by Gasteiger charge is -2.06. The average molecular weight is 250 g/mol. The number of hydrogen-bond donors (Lipinski definition) is 0. The van der Waals surface area contributed by atoms with Gasteiger partial charge in [0, 0.05) is 12.0 Å². The molecule has 0 N–H and O–H groups in total. The molecule has 0 bridgehead atoms. The van der Waals surface area contributed by atoms with Gasteiger partial charge in [0.1, 0.15) is 0 Å². The van der Waals surface area contributed by atoms with Crippen molar-refractivity contribution in [1.82, 2.24) is 4.57 Å². The summed E-state index contributed by atoms with van der Waals surface area (Å²) >= 11 is 0. The van der Waals surface area contributed by atoms with Crippen molar-refractivity contribution in [2.24, 2.45) is 7.05 Å². The summed E-state index contributed by atoms with van der Waals surface area (Å²) in [6.45, 7) is 2.97. The number of allylic oxidation sites excluding steroid dienone is 1. The Morgan fingerprint density at radius 3 is 2.63 bits per heavy atom. The molecule has 0 unspecified atom stereocenters. The molecule has 1 aromatic heterocycles. The van der Waals surface area contributed by atoms with Crippen LogP contribution < -0.4 is 4.57 Å². The quantitative estimate of drug-likeness (QED) is 0.741. The standard InChI is InChI=1S/C17H18N2/c1-3-8-17-18(2)15-11-6-7-12-16(15)19(17)13-14-9-4-5-10-14/h3-12H,13H2,1-2H3/q+1/b8-3+. The predicted octanol–water partition coefficient (Wildman–Crippen LogP) is 2.90. The van der Waals surface area contributed by atoms with Crippen LogP contribution in [-0.2, 0) is 13.6 Å². The molecule has 0 spiro atoms. The fourth-order valence-electron chi connectivity index (χ4n) is 2.62. The fraction of sp³-hybridized carbons (Fsp3) is 0.176. The Morgan fingerprint density at radius 1 is 1.16 bits per heavy atom. The molecule has 1 aliphatic rings. The van der Waals surface area contributed by atoms with Crippen molar-refractivity contribution in [2.45, 2.75) is 13.5 Å². The highest BCUT2D eigenvalue weighted by Crippen LogP contribution is 2.27. The second kappa shape index (κ2) is 5.20. The third-order valence-electron chi connectivity index (χ3n) is 3.54. The van der Waals surface area contributed by atoms with E-state index in [2.05, 4.69) is 85.2 Å². The Kier molecular flexibility index (Phi) is 3.41. The molecule has 0 aliphatic heterocycles. The topological polar surface area (TPSA) is 8.81 Å². The lowest BCUT2D eigenvalue weighted by molar-refractivity contribution is -0.647. The largest absolute Gasteiger partial charge is 0.281 e. The first kappa shape index (κ1) is 12.5. The van der Waals surface area contributed by atoms with E-state index in [1.807, 2.05) is 0 Å². The second-order valence-electron chi connectivity index (χ2n) is 4.79. The molecule has 95 valence electrons. The zero-order valence-electron chi connectivity index (χ0n) is 11.4. The number of hydrogen-bond acceptors (Lipinski definition) is 0. The summed E-state index contributed by atoms with van der Waals surface area (Å²) < 4.78 is 4.61. The molecule has 1 aromatic carbocycles.